The molecule has 0 atom stereocenters. The van der Waals surface area contributed by atoms with Gasteiger partial charge in [-0.2, -0.15) is 0 Å². The summed E-state index contributed by atoms with van der Waals surface area (Å²) in [5.74, 6) is 2.33. The lowest BCUT2D eigenvalue weighted by atomic mass is 10.1. The van der Waals surface area contributed by atoms with Gasteiger partial charge in [-0.15, -0.1) is 0 Å². The molecule has 0 aliphatic carbocycles. The Morgan fingerprint density at radius 1 is 0.767 bits per heavy atom. The molecular weight excluding hydrogens is 382 g/mol. The molecule has 0 unspecified atom stereocenters. The van der Waals surface area contributed by atoms with E-state index in [1.807, 2.05) is 54.6 Å². The fourth-order valence-electron chi connectivity index (χ4n) is 2.88. The number of methoxy groups -OCH3 is 2. The Kier molecular flexibility index (Phi) is 7.55. The van der Waals surface area contributed by atoms with Crippen molar-refractivity contribution in [1.82, 2.24) is 5.32 Å². The number of amides is 1. The zero-order valence-electron chi connectivity index (χ0n) is 17.1. The third kappa shape index (κ3) is 5.67. The number of benzene rings is 3. The lowest BCUT2D eigenvalue weighted by Gasteiger charge is -2.13. The van der Waals surface area contributed by atoms with Crippen LogP contribution >= 0.6 is 0 Å². The molecule has 0 spiro atoms. The molecule has 3 aromatic carbocycles. The SMILES string of the molecule is COc1ccc(CNC(=O)c2ccccc2OCCOc2ccccc2)cc1OC. The molecule has 0 fully saturated rings. The molecule has 0 saturated carbocycles. The van der Waals surface area contributed by atoms with Crippen LogP contribution in [0.15, 0.2) is 72.8 Å². The van der Waals surface area contributed by atoms with Crippen LogP contribution in [0, 0.1) is 0 Å². The third-order valence-corrected chi connectivity index (χ3v) is 4.39. The van der Waals surface area contributed by atoms with E-state index in [9.17, 15) is 4.79 Å². The Morgan fingerprint density at radius 2 is 1.47 bits per heavy atom. The molecule has 0 aromatic heterocycles. The van der Waals surface area contributed by atoms with Gasteiger partial charge in [0.25, 0.3) is 5.91 Å². The van der Waals surface area contributed by atoms with Gasteiger partial charge in [-0.3, -0.25) is 4.79 Å². The van der Waals surface area contributed by atoms with Gasteiger partial charge in [-0.05, 0) is 42.0 Å². The van der Waals surface area contributed by atoms with E-state index in [-0.39, 0.29) is 5.91 Å². The van der Waals surface area contributed by atoms with E-state index in [1.165, 1.54) is 0 Å². The predicted octanol–water partition coefficient (Wildman–Crippen LogP) is 4.09. The average molecular weight is 407 g/mol. The van der Waals surface area contributed by atoms with Crippen LogP contribution in [-0.2, 0) is 6.54 Å². The zero-order valence-corrected chi connectivity index (χ0v) is 17.1. The number of para-hydroxylation sites is 2. The van der Waals surface area contributed by atoms with Crippen LogP contribution in [0.1, 0.15) is 15.9 Å². The van der Waals surface area contributed by atoms with Gasteiger partial charge in [0.05, 0.1) is 19.8 Å². The number of carbonyl (C=O) groups excluding carboxylic acids is 1. The molecule has 3 rings (SSSR count). The van der Waals surface area contributed by atoms with E-state index >= 15 is 0 Å². The first kappa shape index (κ1) is 21.0. The van der Waals surface area contributed by atoms with E-state index in [1.54, 1.807) is 32.4 Å². The Morgan fingerprint density at radius 3 is 2.23 bits per heavy atom. The lowest BCUT2D eigenvalue weighted by molar-refractivity contribution is 0.0945. The first-order chi connectivity index (χ1) is 14.7. The maximum absolute atomic E-state index is 12.7. The topological polar surface area (TPSA) is 66.0 Å². The summed E-state index contributed by atoms with van der Waals surface area (Å²) in [5, 5.41) is 2.91. The summed E-state index contributed by atoms with van der Waals surface area (Å²) in [6.07, 6.45) is 0. The number of ether oxygens (including phenoxy) is 4. The van der Waals surface area contributed by atoms with Crippen LogP contribution in [0.5, 0.6) is 23.0 Å². The van der Waals surface area contributed by atoms with E-state index in [0.29, 0.717) is 42.6 Å². The summed E-state index contributed by atoms with van der Waals surface area (Å²) in [6, 6.07) is 22.2. The molecule has 3 aromatic rings. The molecule has 156 valence electrons. The summed E-state index contributed by atoms with van der Waals surface area (Å²) in [6.45, 7) is 1.06. The standard InChI is InChI=1S/C24H25NO5/c1-27-22-13-12-18(16-23(22)28-2)17-25-24(26)20-10-6-7-11-21(20)30-15-14-29-19-8-4-3-5-9-19/h3-13,16H,14-15,17H2,1-2H3,(H,25,26). The first-order valence-corrected chi connectivity index (χ1v) is 9.60. The number of nitrogens with one attached hydrogen (secondary N) is 1. The maximum Gasteiger partial charge on any atom is 0.255 e. The second-order valence-corrected chi connectivity index (χ2v) is 6.38. The molecule has 0 aliphatic rings. The van der Waals surface area contributed by atoms with Gasteiger partial charge >= 0.3 is 0 Å². The van der Waals surface area contributed by atoms with Crippen LogP contribution < -0.4 is 24.3 Å². The maximum atomic E-state index is 12.7. The van der Waals surface area contributed by atoms with Crippen LogP contribution in [-0.4, -0.2) is 33.3 Å². The highest BCUT2D eigenvalue weighted by Crippen LogP contribution is 2.27. The third-order valence-electron chi connectivity index (χ3n) is 4.39. The van der Waals surface area contributed by atoms with Crippen LogP contribution in [0.3, 0.4) is 0 Å². The largest absolute Gasteiger partial charge is 0.493 e. The monoisotopic (exact) mass is 407 g/mol. The molecule has 1 amide bonds. The van der Waals surface area contributed by atoms with E-state index in [0.717, 1.165) is 11.3 Å². The van der Waals surface area contributed by atoms with Crippen molar-refractivity contribution in [3.63, 3.8) is 0 Å². The zero-order chi connectivity index (χ0) is 21.2. The van der Waals surface area contributed by atoms with E-state index < -0.39 is 0 Å². The highest BCUT2D eigenvalue weighted by Gasteiger charge is 2.13. The van der Waals surface area contributed by atoms with Crippen LogP contribution in [0.2, 0.25) is 0 Å². The second kappa shape index (κ2) is 10.8. The summed E-state index contributed by atoms with van der Waals surface area (Å²) < 4.78 is 21.9. The minimum absolute atomic E-state index is 0.218. The minimum atomic E-state index is -0.218. The summed E-state index contributed by atoms with van der Waals surface area (Å²) in [5.41, 5.74) is 1.37. The van der Waals surface area contributed by atoms with Crippen molar-refractivity contribution in [2.45, 2.75) is 6.54 Å². The molecule has 0 radical (unpaired) electrons. The van der Waals surface area contributed by atoms with Crippen LogP contribution in [0.25, 0.3) is 0 Å². The molecule has 0 aliphatic heterocycles. The Labute approximate surface area is 176 Å². The van der Waals surface area contributed by atoms with Gasteiger partial charge in [0.2, 0.25) is 0 Å². The summed E-state index contributed by atoms with van der Waals surface area (Å²) >= 11 is 0. The Hall–Kier alpha value is -3.67. The van der Waals surface area contributed by atoms with E-state index in [2.05, 4.69) is 5.32 Å². The minimum Gasteiger partial charge on any atom is -0.493 e. The van der Waals surface area contributed by atoms with Gasteiger partial charge in [-0.1, -0.05) is 36.4 Å². The fourth-order valence-corrected chi connectivity index (χ4v) is 2.88. The molecule has 1 N–H and O–H groups in total. The molecular formula is C24H25NO5. The lowest BCUT2D eigenvalue weighted by Crippen LogP contribution is -2.23. The van der Waals surface area contributed by atoms with Gasteiger partial charge in [0.15, 0.2) is 11.5 Å². The summed E-state index contributed by atoms with van der Waals surface area (Å²) in [7, 11) is 3.16. The van der Waals surface area contributed by atoms with Gasteiger partial charge in [0.1, 0.15) is 24.7 Å². The quantitative estimate of drug-likeness (QED) is 0.513. The number of carbonyl (C=O) groups is 1. The van der Waals surface area contributed by atoms with Crippen molar-refractivity contribution in [1.29, 1.82) is 0 Å². The molecule has 6 nitrogen and oxygen atoms in total. The van der Waals surface area contributed by atoms with Crippen molar-refractivity contribution >= 4 is 5.91 Å². The van der Waals surface area contributed by atoms with Crippen LogP contribution in [0.4, 0.5) is 0 Å². The van der Waals surface area contributed by atoms with Gasteiger partial charge in [-0.25, -0.2) is 0 Å². The fraction of sp³-hybridized carbons (Fsp3) is 0.208. The van der Waals surface area contributed by atoms with Crippen molar-refractivity contribution in [2.75, 3.05) is 27.4 Å². The number of rotatable bonds is 10. The average Bonchev–Trinajstić information content (AvgIpc) is 2.81. The van der Waals surface area contributed by atoms with Crippen molar-refractivity contribution < 1.29 is 23.7 Å². The van der Waals surface area contributed by atoms with Gasteiger partial charge < -0.3 is 24.3 Å². The summed E-state index contributed by atoms with van der Waals surface area (Å²) in [4.78, 5) is 12.7. The number of hydrogen-bond donors (Lipinski definition) is 1. The Bertz CT molecular complexity index is 959. The van der Waals surface area contributed by atoms with E-state index in [4.69, 9.17) is 18.9 Å². The van der Waals surface area contributed by atoms with Crippen molar-refractivity contribution in [2.24, 2.45) is 0 Å². The predicted molar refractivity (Wildman–Crippen MR) is 115 cm³/mol. The highest BCUT2D eigenvalue weighted by molar-refractivity contribution is 5.96. The molecule has 0 heterocycles. The smallest absolute Gasteiger partial charge is 0.255 e. The molecule has 30 heavy (non-hydrogen) atoms. The van der Waals surface area contributed by atoms with Gasteiger partial charge in [0, 0.05) is 6.54 Å². The molecule has 0 saturated heterocycles. The highest BCUT2D eigenvalue weighted by atomic mass is 16.5. The van der Waals surface area contributed by atoms with Crippen molar-refractivity contribution in [3.05, 3.63) is 83.9 Å². The molecule has 0 bridgehead atoms. The normalized spacial score (nSPS) is 10.2. The Balaban J connectivity index is 1.56. The van der Waals surface area contributed by atoms with Crippen molar-refractivity contribution in [3.8, 4) is 23.0 Å². The molecule has 6 heteroatoms. The second-order valence-electron chi connectivity index (χ2n) is 6.38. The first-order valence-electron chi connectivity index (χ1n) is 9.60. The number of hydrogen-bond acceptors (Lipinski definition) is 5.